The number of benzene rings is 2. The van der Waals surface area contributed by atoms with Crippen molar-refractivity contribution in [3.63, 3.8) is 0 Å². The van der Waals surface area contributed by atoms with Gasteiger partial charge in [0.2, 0.25) is 0 Å². The van der Waals surface area contributed by atoms with E-state index in [0.717, 1.165) is 5.56 Å². The number of hydrogen-bond donors (Lipinski definition) is 0. The largest absolute Gasteiger partial charge is 0.495 e. The molecule has 2 aromatic rings. The van der Waals surface area contributed by atoms with Crippen molar-refractivity contribution >= 4 is 21.7 Å². The summed E-state index contributed by atoms with van der Waals surface area (Å²) in [5.41, 5.74) is 2.25. The van der Waals surface area contributed by atoms with Crippen molar-refractivity contribution in [2.24, 2.45) is 0 Å². The van der Waals surface area contributed by atoms with E-state index in [-0.39, 0.29) is 5.78 Å². The van der Waals surface area contributed by atoms with Crippen LogP contribution in [-0.2, 0) is 0 Å². The quantitative estimate of drug-likeness (QED) is 0.792. The molecule has 20 heavy (non-hydrogen) atoms. The summed E-state index contributed by atoms with van der Waals surface area (Å²) in [7, 11) is 3.10. The zero-order valence-corrected chi connectivity index (χ0v) is 13.2. The predicted molar refractivity (Wildman–Crippen MR) is 81.9 cm³/mol. The summed E-state index contributed by atoms with van der Waals surface area (Å²) in [6.45, 7) is 1.98. The standard InChI is InChI=1S/C16H15BrO3/c1-10-4-6-11(7-5-10)15(18)12-8-9-13(19-2)14(17)16(12)20-3/h4-9H,1-3H3. The number of rotatable bonds is 4. The Bertz CT molecular complexity index is 633. The molecular weight excluding hydrogens is 320 g/mol. The fraction of sp³-hybridized carbons (Fsp3) is 0.188. The van der Waals surface area contributed by atoms with E-state index < -0.39 is 0 Å². The molecule has 0 saturated carbocycles. The molecular formula is C16H15BrO3. The lowest BCUT2D eigenvalue weighted by molar-refractivity contribution is 0.103. The number of ether oxygens (including phenoxy) is 2. The number of halogens is 1. The van der Waals surface area contributed by atoms with E-state index in [1.807, 2.05) is 31.2 Å². The molecule has 0 spiro atoms. The van der Waals surface area contributed by atoms with Gasteiger partial charge in [0.1, 0.15) is 16.0 Å². The van der Waals surface area contributed by atoms with Gasteiger partial charge < -0.3 is 9.47 Å². The molecule has 104 valence electrons. The monoisotopic (exact) mass is 334 g/mol. The lowest BCUT2D eigenvalue weighted by Crippen LogP contribution is -2.05. The van der Waals surface area contributed by atoms with Crippen LogP contribution in [0.5, 0.6) is 11.5 Å². The number of ketones is 1. The molecule has 0 aliphatic carbocycles. The van der Waals surface area contributed by atoms with Gasteiger partial charge >= 0.3 is 0 Å². The van der Waals surface area contributed by atoms with Gasteiger partial charge in [-0.2, -0.15) is 0 Å². The van der Waals surface area contributed by atoms with Crippen molar-refractivity contribution < 1.29 is 14.3 Å². The topological polar surface area (TPSA) is 35.5 Å². The SMILES string of the molecule is COc1ccc(C(=O)c2ccc(C)cc2)c(OC)c1Br. The van der Waals surface area contributed by atoms with Crippen molar-refractivity contribution in [2.75, 3.05) is 14.2 Å². The van der Waals surface area contributed by atoms with Crippen molar-refractivity contribution in [1.29, 1.82) is 0 Å². The Morgan fingerprint density at radius 1 is 1.00 bits per heavy atom. The maximum Gasteiger partial charge on any atom is 0.196 e. The Balaban J connectivity index is 2.49. The van der Waals surface area contributed by atoms with Gasteiger partial charge in [-0.15, -0.1) is 0 Å². The summed E-state index contributed by atoms with van der Waals surface area (Å²) in [6, 6.07) is 10.9. The van der Waals surface area contributed by atoms with Crippen LogP contribution < -0.4 is 9.47 Å². The Hall–Kier alpha value is -1.81. The van der Waals surface area contributed by atoms with Gasteiger partial charge in [0.15, 0.2) is 5.78 Å². The van der Waals surface area contributed by atoms with Gasteiger partial charge in [-0.1, -0.05) is 29.8 Å². The summed E-state index contributed by atoms with van der Waals surface area (Å²) in [4.78, 5) is 12.5. The molecule has 0 aliphatic heterocycles. The minimum Gasteiger partial charge on any atom is -0.495 e. The highest BCUT2D eigenvalue weighted by molar-refractivity contribution is 9.10. The molecule has 0 bridgehead atoms. The van der Waals surface area contributed by atoms with Gasteiger partial charge in [-0.25, -0.2) is 0 Å². The fourth-order valence-electron chi connectivity index (χ4n) is 1.93. The first-order valence-corrected chi connectivity index (χ1v) is 6.89. The van der Waals surface area contributed by atoms with E-state index in [0.29, 0.717) is 27.1 Å². The molecule has 0 aliphatic rings. The first-order chi connectivity index (χ1) is 9.58. The van der Waals surface area contributed by atoms with E-state index in [9.17, 15) is 4.79 Å². The van der Waals surface area contributed by atoms with Crippen LogP contribution in [-0.4, -0.2) is 20.0 Å². The summed E-state index contributed by atoms with van der Waals surface area (Å²) in [5, 5.41) is 0. The van der Waals surface area contributed by atoms with Crippen molar-refractivity contribution in [3.05, 3.63) is 57.6 Å². The second-order valence-electron chi connectivity index (χ2n) is 4.36. The highest BCUT2D eigenvalue weighted by atomic mass is 79.9. The van der Waals surface area contributed by atoms with Crippen LogP contribution in [0.2, 0.25) is 0 Å². The molecule has 0 unspecified atom stereocenters. The number of carbonyl (C=O) groups excluding carboxylic acids is 1. The van der Waals surface area contributed by atoms with Crippen molar-refractivity contribution in [3.8, 4) is 11.5 Å². The molecule has 0 fully saturated rings. The van der Waals surface area contributed by atoms with Crippen LogP contribution >= 0.6 is 15.9 Å². The number of hydrogen-bond acceptors (Lipinski definition) is 3. The van der Waals surface area contributed by atoms with Gasteiger partial charge in [-0.05, 0) is 35.0 Å². The number of carbonyl (C=O) groups is 1. The van der Waals surface area contributed by atoms with E-state index >= 15 is 0 Å². The van der Waals surface area contributed by atoms with Crippen LogP contribution in [0.4, 0.5) is 0 Å². The van der Waals surface area contributed by atoms with Crippen molar-refractivity contribution in [2.45, 2.75) is 6.92 Å². The third-order valence-electron chi connectivity index (χ3n) is 3.04. The predicted octanol–water partition coefficient (Wildman–Crippen LogP) is 4.01. The molecule has 0 amide bonds. The molecule has 0 atom stereocenters. The highest BCUT2D eigenvalue weighted by Crippen LogP contribution is 2.37. The van der Waals surface area contributed by atoms with E-state index in [1.54, 1.807) is 19.2 Å². The van der Waals surface area contributed by atoms with Crippen LogP contribution in [0.25, 0.3) is 0 Å². The second-order valence-corrected chi connectivity index (χ2v) is 5.15. The van der Waals surface area contributed by atoms with E-state index in [1.165, 1.54) is 7.11 Å². The molecule has 3 nitrogen and oxygen atoms in total. The highest BCUT2D eigenvalue weighted by Gasteiger charge is 2.19. The second kappa shape index (κ2) is 6.09. The van der Waals surface area contributed by atoms with Crippen molar-refractivity contribution in [1.82, 2.24) is 0 Å². The Morgan fingerprint density at radius 3 is 2.20 bits per heavy atom. The minimum atomic E-state index is -0.0785. The van der Waals surface area contributed by atoms with Crippen LogP contribution in [0, 0.1) is 6.92 Å². The molecule has 0 radical (unpaired) electrons. The Kier molecular flexibility index (Phi) is 4.45. The third kappa shape index (κ3) is 2.70. The first kappa shape index (κ1) is 14.6. The summed E-state index contributed by atoms with van der Waals surface area (Å²) < 4.78 is 11.2. The summed E-state index contributed by atoms with van der Waals surface area (Å²) >= 11 is 3.40. The first-order valence-electron chi connectivity index (χ1n) is 6.10. The lowest BCUT2D eigenvalue weighted by Gasteiger charge is -2.12. The average molecular weight is 335 g/mol. The molecule has 0 N–H and O–H groups in total. The summed E-state index contributed by atoms with van der Waals surface area (Å²) in [6.07, 6.45) is 0. The Morgan fingerprint density at radius 2 is 1.65 bits per heavy atom. The average Bonchev–Trinajstić information content (AvgIpc) is 2.47. The van der Waals surface area contributed by atoms with Crippen LogP contribution in [0.1, 0.15) is 21.5 Å². The molecule has 0 aromatic heterocycles. The maximum atomic E-state index is 12.5. The molecule has 4 heteroatoms. The molecule has 2 aromatic carbocycles. The fourth-order valence-corrected chi connectivity index (χ4v) is 2.60. The van der Waals surface area contributed by atoms with Gasteiger partial charge in [0.05, 0.1) is 19.8 Å². The van der Waals surface area contributed by atoms with E-state index in [2.05, 4.69) is 15.9 Å². The Labute approximate surface area is 126 Å². The van der Waals surface area contributed by atoms with Crippen LogP contribution in [0.15, 0.2) is 40.9 Å². The molecule has 0 heterocycles. The summed E-state index contributed by atoms with van der Waals surface area (Å²) in [5.74, 6) is 1.03. The van der Waals surface area contributed by atoms with Gasteiger partial charge in [-0.3, -0.25) is 4.79 Å². The zero-order chi connectivity index (χ0) is 14.7. The minimum absolute atomic E-state index is 0.0785. The van der Waals surface area contributed by atoms with Gasteiger partial charge in [0, 0.05) is 5.56 Å². The maximum absolute atomic E-state index is 12.5. The van der Waals surface area contributed by atoms with E-state index in [4.69, 9.17) is 9.47 Å². The third-order valence-corrected chi connectivity index (χ3v) is 3.80. The zero-order valence-electron chi connectivity index (χ0n) is 11.6. The van der Waals surface area contributed by atoms with Gasteiger partial charge in [0.25, 0.3) is 0 Å². The van der Waals surface area contributed by atoms with Crippen LogP contribution in [0.3, 0.4) is 0 Å². The molecule has 2 rings (SSSR count). The number of aryl methyl sites for hydroxylation is 1. The smallest absolute Gasteiger partial charge is 0.196 e. The number of methoxy groups -OCH3 is 2. The normalized spacial score (nSPS) is 10.2. The molecule has 0 saturated heterocycles. The lowest BCUT2D eigenvalue weighted by atomic mass is 10.0.